The molecule has 1 aliphatic carbocycles. The Morgan fingerprint density at radius 2 is 1.57 bits per heavy atom. The molecule has 0 aromatic carbocycles. The molecule has 136 valence electrons. The minimum atomic E-state index is -3.25. The number of hydrogen-bond acceptors (Lipinski definition) is 5. The Morgan fingerprint density at radius 3 is 1.96 bits per heavy atom. The van der Waals surface area contributed by atoms with Gasteiger partial charge in [0.15, 0.2) is 8.32 Å². The average Bonchev–Trinajstić information content (AvgIpc) is 2.46. The van der Waals surface area contributed by atoms with Gasteiger partial charge in [-0.25, -0.2) is 0 Å². The van der Waals surface area contributed by atoms with E-state index in [1.54, 1.807) is 0 Å². The van der Waals surface area contributed by atoms with Gasteiger partial charge in [-0.15, -0.1) is 0 Å². The minimum Gasteiger partial charge on any atom is -0.414 e. The zero-order valence-corrected chi connectivity index (χ0v) is 17.6. The van der Waals surface area contributed by atoms with Crippen LogP contribution in [-0.4, -0.2) is 40.6 Å². The van der Waals surface area contributed by atoms with E-state index in [0.29, 0.717) is 0 Å². The summed E-state index contributed by atoms with van der Waals surface area (Å²) < 4.78 is 28.3. The van der Waals surface area contributed by atoms with E-state index in [2.05, 4.69) is 33.9 Å². The normalized spacial score (nSPS) is 23.8. The molecular weight excluding hydrogens is 331 g/mol. The summed E-state index contributed by atoms with van der Waals surface area (Å²) in [5.74, 6) is -0.0595. The molecule has 5 nitrogen and oxygen atoms in total. The molecule has 0 saturated heterocycles. The highest BCUT2D eigenvalue weighted by Gasteiger charge is 2.40. The minimum absolute atomic E-state index is 0.0113. The van der Waals surface area contributed by atoms with Gasteiger partial charge in [-0.1, -0.05) is 20.8 Å². The molecule has 7 heteroatoms. The maximum Gasteiger partial charge on any atom is 0.337 e. The number of ketones is 1. The van der Waals surface area contributed by atoms with Crippen LogP contribution < -0.4 is 0 Å². The molecule has 0 amide bonds. The standard InChI is InChI=1S/C16H33O5PSi/c1-16(2,3)23(6,7)21-14-10-8-13(9-11-14)15(17)12-22(18,19-4)20-5/h13-14H,8-12H2,1-7H3/t13-,14-. The topological polar surface area (TPSA) is 61.8 Å². The molecule has 1 saturated carbocycles. The zero-order chi connectivity index (χ0) is 17.9. The number of carbonyl (C=O) groups excluding carboxylic acids is 1. The second-order valence-corrected chi connectivity index (χ2v) is 15.0. The van der Waals surface area contributed by atoms with Gasteiger partial charge in [-0.3, -0.25) is 9.36 Å². The lowest BCUT2D eigenvalue weighted by molar-refractivity contribution is -0.122. The van der Waals surface area contributed by atoms with Crippen molar-refractivity contribution < 1.29 is 22.8 Å². The van der Waals surface area contributed by atoms with Crippen molar-refractivity contribution in [3.05, 3.63) is 0 Å². The van der Waals surface area contributed by atoms with E-state index in [9.17, 15) is 9.36 Å². The average molecular weight is 364 g/mol. The fourth-order valence-electron chi connectivity index (χ4n) is 2.62. The second-order valence-electron chi connectivity index (χ2n) is 7.95. The molecule has 0 aromatic heterocycles. The number of carbonyl (C=O) groups is 1. The molecule has 0 aromatic rings. The summed E-state index contributed by atoms with van der Waals surface area (Å²) in [5, 5.41) is 0.198. The van der Waals surface area contributed by atoms with Crippen LogP contribution in [0.4, 0.5) is 0 Å². The Bertz CT molecular complexity index is 442. The van der Waals surface area contributed by atoms with Gasteiger partial charge in [0.1, 0.15) is 11.9 Å². The molecule has 0 bridgehead atoms. The van der Waals surface area contributed by atoms with Gasteiger partial charge in [0.05, 0.1) is 0 Å². The van der Waals surface area contributed by atoms with E-state index >= 15 is 0 Å². The van der Waals surface area contributed by atoms with E-state index in [1.165, 1.54) is 14.2 Å². The molecule has 23 heavy (non-hydrogen) atoms. The van der Waals surface area contributed by atoms with Crippen molar-refractivity contribution in [2.45, 2.75) is 70.7 Å². The smallest absolute Gasteiger partial charge is 0.337 e. The summed E-state index contributed by atoms with van der Waals surface area (Å²) in [7, 11) is -2.37. The molecule has 0 spiro atoms. The largest absolute Gasteiger partial charge is 0.414 e. The van der Waals surface area contributed by atoms with Gasteiger partial charge in [0.2, 0.25) is 0 Å². The van der Waals surface area contributed by atoms with Crippen molar-refractivity contribution in [3.8, 4) is 0 Å². The molecule has 0 N–H and O–H groups in total. The van der Waals surface area contributed by atoms with Crippen molar-refractivity contribution in [2.75, 3.05) is 20.4 Å². The van der Waals surface area contributed by atoms with E-state index in [1.807, 2.05) is 0 Å². The van der Waals surface area contributed by atoms with Crippen LogP contribution >= 0.6 is 7.60 Å². The van der Waals surface area contributed by atoms with Gasteiger partial charge in [0, 0.05) is 26.2 Å². The van der Waals surface area contributed by atoms with Crippen LogP contribution in [0.3, 0.4) is 0 Å². The van der Waals surface area contributed by atoms with Crippen LogP contribution in [0, 0.1) is 5.92 Å². The van der Waals surface area contributed by atoms with Crippen LogP contribution in [0.15, 0.2) is 0 Å². The summed E-state index contributed by atoms with van der Waals surface area (Å²) in [6, 6.07) is 0. The molecule has 1 aliphatic rings. The maximum atomic E-state index is 12.3. The predicted octanol–water partition coefficient (Wildman–Crippen LogP) is 4.62. The highest BCUT2D eigenvalue weighted by Crippen LogP contribution is 2.47. The van der Waals surface area contributed by atoms with E-state index in [-0.39, 0.29) is 29.0 Å². The summed E-state index contributed by atoms with van der Waals surface area (Å²) in [5.41, 5.74) is 0. The maximum absolute atomic E-state index is 12.3. The molecule has 1 rings (SSSR count). The number of hydrogen-bond donors (Lipinski definition) is 0. The first-order valence-corrected chi connectivity index (χ1v) is 13.0. The van der Waals surface area contributed by atoms with E-state index < -0.39 is 15.9 Å². The van der Waals surface area contributed by atoms with Crippen molar-refractivity contribution in [2.24, 2.45) is 5.92 Å². The summed E-state index contributed by atoms with van der Waals surface area (Å²) in [4.78, 5) is 12.3. The first kappa shape index (κ1) is 21.0. The van der Waals surface area contributed by atoms with E-state index in [4.69, 9.17) is 13.5 Å². The molecule has 0 aliphatic heterocycles. The Morgan fingerprint density at radius 1 is 1.09 bits per heavy atom. The zero-order valence-electron chi connectivity index (χ0n) is 15.7. The van der Waals surface area contributed by atoms with Gasteiger partial charge < -0.3 is 13.5 Å². The molecule has 0 heterocycles. The van der Waals surface area contributed by atoms with Crippen molar-refractivity contribution >= 4 is 21.7 Å². The molecular formula is C16H33O5PSi. The lowest BCUT2D eigenvalue weighted by Crippen LogP contribution is -2.45. The first-order chi connectivity index (χ1) is 10.4. The van der Waals surface area contributed by atoms with Crippen molar-refractivity contribution in [3.63, 3.8) is 0 Å². The fourth-order valence-corrected chi connectivity index (χ4v) is 5.09. The third kappa shape index (κ3) is 5.78. The van der Waals surface area contributed by atoms with Gasteiger partial charge >= 0.3 is 7.60 Å². The third-order valence-corrected chi connectivity index (χ3v) is 11.6. The first-order valence-electron chi connectivity index (χ1n) is 8.35. The van der Waals surface area contributed by atoms with Gasteiger partial charge in [-0.05, 0) is 43.8 Å². The van der Waals surface area contributed by atoms with Crippen LogP contribution in [0.1, 0.15) is 46.5 Å². The summed E-state index contributed by atoms with van der Waals surface area (Å²) in [6.07, 6.45) is 3.51. The molecule has 0 radical (unpaired) electrons. The Balaban J connectivity index is 2.53. The van der Waals surface area contributed by atoms with Crippen LogP contribution in [-0.2, 0) is 22.8 Å². The number of Topliss-reactive ketones (excluding diaryl/α,β-unsaturated/α-hetero) is 1. The lowest BCUT2D eigenvalue weighted by atomic mass is 9.85. The Hall–Kier alpha value is -0.00312. The quantitative estimate of drug-likeness (QED) is 0.487. The SMILES string of the molecule is COP(=O)(CC(=O)[C@H]1CC[C@H](O[Si](C)(C)C(C)(C)C)CC1)OC. The highest BCUT2D eigenvalue weighted by molar-refractivity contribution is 7.54. The predicted molar refractivity (Wildman–Crippen MR) is 95.5 cm³/mol. The van der Waals surface area contributed by atoms with Crippen molar-refractivity contribution in [1.29, 1.82) is 0 Å². The van der Waals surface area contributed by atoms with Crippen LogP contribution in [0.2, 0.25) is 18.1 Å². The fraction of sp³-hybridized carbons (Fsp3) is 0.938. The van der Waals surface area contributed by atoms with E-state index in [0.717, 1.165) is 25.7 Å². The summed E-state index contributed by atoms with van der Waals surface area (Å²) in [6.45, 7) is 11.2. The van der Waals surface area contributed by atoms with Crippen LogP contribution in [0.25, 0.3) is 0 Å². The van der Waals surface area contributed by atoms with Crippen molar-refractivity contribution in [1.82, 2.24) is 0 Å². The Kier molecular flexibility index (Phi) is 7.24. The van der Waals surface area contributed by atoms with Gasteiger partial charge in [0.25, 0.3) is 0 Å². The highest BCUT2D eigenvalue weighted by atomic mass is 31.2. The van der Waals surface area contributed by atoms with Crippen LogP contribution in [0.5, 0.6) is 0 Å². The molecule has 1 fully saturated rings. The molecule has 0 atom stereocenters. The third-order valence-electron chi connectivity index (χ3n) is 5.30. The molecule has 0 unspecified atom stereocenters. The van der Waals surface area contributed by atoms with Gasteiger partial charge in [-0.2, -0.15) is 0 Å². The number of rotatable bonds is 7. The lowest BCUT2D eigenvalue weighted by Gasteiger charge is -2.41. The second kappa shape index (κ2) is 7.92. The summed E-state index contributed by atoms with van der Waals surface area (Å²) >= 11 is 0. The monoisotopic (exact) mass is 364 g/mol. The Labute approximate surface area is 142 Å².